The first-order valence-corrected chi connectivity index (χ1v) is 7.97. The first kappa shape index (κ1) is 16.1. The summed E-state index contributed by atoms with van der Waals surface area (Å²) in [6, 6.07) is 4.85. The minimum atomic E-state index is -0.377. The minimum Gasteiger partial charge on any atom is -0.507 e. The van der Waals surface area contributed by atoms with Crippen LogP contribution in [0.2, 0.25) is 0 Å². The van der Waals surface area contributed by atoms with E-state index in [-0.39, 0.29) is 11.7 Å². The Kier molecular flexibility index (Phi) is 5.49. The zero-order valence-electron chi connectivity index (χ0n) is 10.3. The molecule has 0 aliphatic carbocycles. The van der Waals surface area contributed by atoms with E-state index in [0.29, 0.717) is 20.1 Å². The molecule has 1 heterocycles. The molecule has 0 aliphatic heterocycles. The summed E-state index contributed by atoms with van der Waals surface area (Å²) in [5.74, 6) is -0.292. The monoisotopic (exact) mass is 475 g/mol. The van der Waals surface area contributed by atoms with E-state index >= 15 is 0 Å². The molecule has 5 nitrogen and oxygen atoms in total. The Labute approximate surface area is 145 Å². The second kappa shape index (κ2) is 7.15. The normalized spacial score (nSPS) is 10.8. The van der Waals surface area contributed by atoms with Gasteiger partial charge in [0.2, 0.25) is 0 Å². The van der Waals surface area contributed by atoms with Gasteiger partial charge in [0.1, 0.15) is 5.75 Å². The van der Waals surface area contributed by atoms with E-state index in [1.165, 1.54) is 18.5 Å². The smallest absolute Gasteiger partial charge is 0.272 e. The molecule has 0 radical (unpaired) electrons. The number of carbonyl (C=O) groups excluding carboxylic acids is 1. The van der Waals surface area contributed by atoms with E-state index in [4.69, 9.17) is 0 Å². The number of rotatable bonds is 3. The molecule has 8 heteroatoms. The van der Waals surface area contributed by atoms with Crippen LogP contribution in [0.4, 0.5) is 0 Å². The Bertz CT molecular complexity index is 720. The van der Waals surface area contributed by atoms with Gasteiger partial charge in [0.05, 0.1) is 16.3 Å². The van der Waals surface area contributed by atoms with Crippen molar-refractivity contribution in [2.75, 3.05) is 0 Å². The lowest BCUT2D eigenvalue weighted by Gasteiger charge is -2.03. The second-order valence-corrected chi connectivity index (χ2v) is 6.54. The highest BCUT2D eigenvalue weighted by molar-refractivity contribution is 9.11. The summed E-state index contributed by atoms with van der Waals surface area (Å²) in [5, 5.41) is 13.5. The van der Waals surface area contributed by atoms with Crippen molar-refractivity contribution in [1.82, 2.24) is 10.4 Å². The van der Waals surface area contributed by atoms with Crippen molar-refractivity contribution in [3.05, 3.63) is 55.1 Å². The van der Waals surface area contributed by atoms with Crippen LogP contribution < -0.4 is 5.43 Å². The van der Waals surface area contributed by atoms with Gasteiger partial charge in [-0.3, -0.25) is 9.78 Å². The van der Waals surface area contributed by atoms with Crippen molar-refractivity contribution >= 4 is 59.9 Å². The van der Waals surface area contributed by atoms with Gasteiger partial charge in [0, 0.05) is 26.9 Å². The van der Waals surface area contributed by atoms with Gasteiger partial charge in [-0.2, -0.15) is 5.10 Å². The number of hydrogen-bond donors (Lipinski definition) is 2. The number of phenolic OH excluding ortho intramolecular Hbond substituents is 1. The zero-order chi connectivity index (χ0) is 15.4. The lowest BCUT2D eigenvalue weighted by molar-refractivity contribution is 0.0954. The largest absolute Gasteiger partial charge is 0.507 e. The third kappa shape index (κ3) is 4.36. The van der Waals surface area contributed by atoms with Gasteiger partial charge in [0.25, 0.3) is 5.91 Å². The van der Waals surface area contributed by atoms with E-state index < -0.39 is 0 Å². The molecule has 0 atom stereocenters. The summed E-state index contributed by atoms with van der Waals surface area (Å²) in [4.78, 5) is 15.7. The third-order valence-electron chi connectivity index (χ3n) is 2.40. The maximum Gasteiger partial charge on any atom is 0.272 e. The number of halogens is 3. The van der Waals surface area contributed by atoms with Gasteiger partial charge in [-0.15, -0.1) is 0 Å². The Morgan fingerprint density at radius 1 is 1.19 bits per heavy atom. The summed E-state index contributed by atoms with van der Waals surface area (Å²) < 4.78 is 2.00. The fraction of sp³-hybridized carbons (Fsp3) is 0. The SMILES string of the molecule is O=C(N/N=C\c1cc(O)c(Br)cc1Br)c1cncc(Br)c1. The molecule has 21 heavy (non-hydrogen) atoms. The van der Waals surface area contributed by atoms with Crippen molar-refractivity contribution in [2.24, 2.45) is 5.10 Å². The predicted molar refractivity (Wildman–Crippen MR) is 90.5 cm³/mol. The van der Waals surface area contributed by atoms with Gasteiger partial charge in [-0.1, -0.05) is 15.9 Å². The second-order valence-electron chi connectivity index (χ2n) is 3.92. The lowest BCUT2D eigenvalue weighted by atomic mass is 10.2. The molecular formula is C13H8Br3N3O2. The van der Waals surface area contributed by atoms with Gasteiger partial charge in [-0.05, 0) is 50.1 Å². The molecule has 1 aromatic carbocycles. The average molecular weight is 478 g/mol. The molecule has 0 unspecified atom stereocenters. The first-order valence-electron chi connectivity index (χ1n) is 5.59. The highest BCUT2D eigenvalue weighted by atomic mass is 79.9. The van der Waals surface area contributed by atoms with Crippen molar-refractivity contribution in [2.45, 2.75) is 0 Å². The summed E-state index contributed by atoms with van der Waals surface area (Å²) in [5.41, 5.74) is 3.41. The van der Waals surface area contributed by atoms with Crippen LogP contribution in [0.15, 0.2) is 49.1 Å². The lowest BCUT2D eigenvalue weighted by Crippen LogP contribution is -2.17. The van der Waals surface area contributed by atoms with Crippen LogP contribution in [0, 0.1) is 0 Å². The van der Waals surface area contributed by atoms with Crippen LogP contribution in [0.1, 0.15) is 15.9 Å². The van der Waals surface area contributed by atoms with E-state index in [2.05, 4.69) is 63.3 Å². The van der Waals surface area contributed by atoms with Crippen molar-refractivity contribution in [3.8, 4) is 5.75 Å². The Balaban J connectivity index is 2.09. The molecule has 1 amide bonds. The number of benzene rings is 1. The summed E-state index contributed by atoms with van der Waals surface area (Å²) >= 11 is 9.79. The molecular weight excluding hydrogens is 470 g/mol. The summed E-state index contributed by atoms with van der Waals surface area (Å²) in [6.45, 7) is 0. The number of hydrazone groups is 1. The third-order valence-corrected chi connectivity index (χ3v) is 4.16. The summed E-state index contributed by atoms with van der Waals surface area (Å²) in [6.07, 6.45) is 4.46. The van der Waals surface area contributed by atoms with E-state index in [0.717, 1.165) is 4.47 Å². The molecule has 0 saturated carbocycles. The Morgan fingerprint density at radius 3 is 2.67 bits per heavy atom. The summed E-state index contributed by atoms with van der Waals surface area (Å²) in [7, 11) is 0. The van der Waals surface area contributed by atoms with Gasteiger partial charge in [-0.25, -0.2) is 5.43 Å². The number of hydrogen-bond acceptors (Lipinski definition) is 4. The number of nitrogens with zero attached hydrogens (tertiary/aromatic N) is 2. The molecule has 0 spiro atoms. The molecule has 0 bridgehead atoms. The number of carbonyl (C=O) groups is 1. The Hall–Kier alpha value is -1.25. The van der Waals surface area contributed by atoms with Crippen LogP contribution >= 0.6 is 47.8 Å². The average Bonchev–Trinajstić information content (AvgIpc) is 2.44. The number of pyridine rings is 1. The zero-order valence-corrected chi connectivity index (χ0v) is 15.1. The van der Waals surface area contributed by atoms with Crippen molar-refractivity contribution in [3.63, 3.8) is 0 Å². The molecule has 0 aliphatic rings. The van der Waals surface area contributed by atoms with E-state index in [1.807, 2.05) is 0 Å². The number of nitrogens with one attached hydrogen (secondary N) is 1. The van der Waals surface area contributed by atoms with Crippen molar-refractivity contribution < 1.29 is 9.90 Å². The van der Waals surface area contributed by atoms with Gasteiger partial charge < -0.3 is 5.11 Å². The molecule has 108 valence electrons. The fourth-order valence-corrected chi connectivity index (χ4v) is 2.87. The quantitative estimate of drug-likeness (QED) is 0.521. The first-order chi connectivity index (χ1) is 9.97. The maximum absolute atomic E-state index is 11.8. The number of phenols is 1. The van der Waals surface area contributed by atoms with Crippen LogP contribution in [0.5, 0.6) is 5.75 Å². The number of aromatic hydroxyl groups is 1. The van der Waals surface area contributed by atoms with Gasteiger partial charge in [0.15, 0.2) is 0 Å². The molecule has 0 saturated heterocycles. The molecule has 2 rings (SSSR count). The van der Waals surface area contributed by atoms with Gasteiger partial charge >= 0.3 is 0 Å². The Morgan fingerprint density at radius 2 is 1.95 bits per heavy atom. The highest BCUT2D eigenvalue weighted by Gasteiger charge is 2.06. The van der Waals surface area contributed by atoms with Crippen LogP contribution in [0.25, 0.3) is 0 Å². The molecule has 2 N–H and O–H groups in total. The van der Waals surface area contributed by atoms with E-state index in [1.54, 1.807) is 18.3 Å². The van der Waals surface area contributed by atoms with Crippen LogP contribution in [-0.2, 0) is 0 Å². The highest BCUT2D eigenvalue weighted by Crippen LogP contribution is 2.29. The number of amides is 1. The molecule has 1 aromatic heterocycles. The van der Waals surface area contributed by atoms with E-state index in [9.17, 15) is 9.90 Å². The molecule has 0 fully saturated rings. The fourth-order valence-electron chi connectivity index (χ4n) is 1.41. The predicted octanol–water partition coefficient (Wildman–Crippen LogP) is 3.84. The number of aromatic nitrogens is 1. The molecule has 2 aromatic rings. The van der Waals surface area contributed by atoms with Crippen LogP contribution in [-0.4, -0.2) is 22.2 Å². The minimum absolute atomic E-state index is 0.0853. The van der Waals surface area contributed by atoms with Crippen molar-refractivity contribution in [1.29, 1.82) is 0 Å². The maximum atomic E-state index is 11.8. The van der Waals surface area contributed by atoms with Crippen LogP contribution in [0.3, 0.4) is 0 Å². The topological polar surface area (TPSA) is 74.6 Å². The standard InChI is InChI=1S/C13H8Br3N3O2/c14-9-1-8(4-17-6-9)13(21)19-18-5-7-2-12(20)11(16)3-10(7)15/h1-6,20H,(H,19,21)/b18-5-.